The Morgan fingerprint density at radius 2 is 1.74 bits per heavy atom. The Morgan fingerprint density at radius 3 is 2.35 bits per heavy atom. The summed E-state index contributed by atoms with van der Waals surface area (Å²) in [5.74, 6) is 0. The molecular weight excluding hydrogens is 323 g/mol. The molecule has 124 valence electrons. The minimum absolute atomic E-state index is 0.366. The molecule has 2 nitrogen and oxygen atoms in total. The average molecular weight is 341 g/mol. The summed E-state index contributed by atoms with van der Waals surface area (Å²) in [4.78, 5) is 0.970. The van der Waals surface area contributed by atoms with E-state index in [1.165, 1.54) is 12.1 Å². The smallest absolute Gasteiger partial charge is 0.320 e. The first kappa shape index (κ1) is 17.7. The molecule has 2 rings (SSSR count). The number of benzene rings is 2. The van der Waals surface area contributed by atoms with Gasteiger partial charge in [0, 0.05) is 9.79 Å². The molecule has 0 aliphatic heterocycles. The van der Waals surface area contributed by atoms with Crippen LogP contribution in [-0.4, -0.2) is 17.8 Å². The van der Waals surface area contributed by atoms with Gasteiger partial charge in [-0.1, -0.05) is 12.1 Å². The van der Waals surface area contributed by atoms with Gasteiger partial charge in [-0.2, -0.15) is 13.2 Å². The maximum absolute atomic E-state index is 12.6. The highest BCUT2D eigenvalue weighted by molar-refractivity contribution is 7.85. The quantitative estimate of drug-likeness (QED) is 0.804. The van der Waals surface area contributed by atoms with Gasteiger partial charge in [0.15, 0.2) is 0 Å². The highest BCUT2D eigenvalue weighted by atomic mass is 32.2. The second-order valence-corrected chi connectivity index (χ2v) is 6.63. The third kappa shape index (κ3) is 4.91. The Hall–Kier alpha value is -1.66. The van der Waals surface area contributed by atoms with Crippen molar-refractivity contribution in [1.29, 1.82) is 0 Å². The second kappa shape index (κ2) is 7.75. The van der Waals surface area contributed by atoms with Gasteiger partial charge < -0.3 is 5.32 Å². The van der Waals surface area contributed by atoms with Crippen molar-refractivity contribution in [2.24, 2.45) is 0 Å². The summed E-state index contributed by atoms with van der Waals surface area (Å²) in [5.41, 5.74) is 0.331. The normalized spacial score (nSPS) is 13.0. The van der Waals surface area contributed by atoms with E-state index in [1.54, 1.807) is 6.07 Å². The van der Waals surface area contributed by atoms with Crippen molar-refractivity contribution in [1.82, 2.24) is 5.32 Å². The minimum Gasteiger partial charge on any atom is -0.320 e. The fraction of sp³-hybridized carbons (Fsp3) is 0.294. The van der Waals surface area contributed by atoms with Crippen molar-refractivity contribution in [2.75, 3.05) is 13.6 Å². The maximum Gasteiger partial charge on any atom is 0.416 e. The molecule has 2 aromatic carbocycles. The molecule has 0 fully saturated rings. The Morgan fingerprint density at radius 1 is 1.04 bits per heavy atom. The van der Waals surface area contributed by atoms with Crippen molar-refractivity contribution in [2.45, 2.75) is 28.8 Å². The maximum atomic E-state index is 12.6. The van der Waals surface area contributed by atoms with Crippen molar-refractivity contribution in [3.05, 3.63) is 59.7 Å². The van der Waals surface area contributed by atoms with Crippen LogP contribution in [0.1, 0.15) is 17.5 Å². The lowest BCUT2D eigenvalue weighted by atomic mass is 10.1. The first-order chi connectivity index (χ1) is 10.9. The Labute approximate surface area is 136 Å². The molecule has 6 heteroatoms. The van der Waals surface area contributed by atoms with Crippen LogP contribution in [0.15, 0.2) is 58.3 Å². The molecule has 23 heavy (non-hydrogen) atoms. The van der Waals surface area contributed by atoms with E-state index in [2.05, 4.69) is 5.32 Å². The van der Waals surface area contributed by atoms with E-state index in [0.717, 1.165) is 37.1 Å². The fourth-order valence-corrected chi connectivity index (χ4v) is 3.31. The van der Waals surface area contributed by atoms with Gasteiger partial charge in [0.2, 0.25) is 0 Å². The molecule has 0 amide bonds. The van der Waals surface area contributed by atoms with Crippen molar-refractivity contribution < 1.29 is 17.4 Å². The number of hydrogen-bond acceptors (Lipinski definition) is 2. The third-order valence-electron chi connectivity index (χ3n) is 3.40. The van der Waals surface area contributed by atoms with Gasteiger partial charge in [-0.15, -0.1) is 0 Å². The van der Waals surface area contributed by atoms with Crippen molar-refractivity contribution in [3.8, 4) is 0 Å². The number of halogens is 3. The molecule has 1 atom stereocenters. The molecular formula is C17H18F3NOS. The molecule has 0 saturated carbocycles. The summed E-state index contributed by atoms with van der Waals surface area (Å²) in [5, 5.41) is 3.07. The first-order valence-corrected chi connectivity index (χ1v) is 8.39. The number of nitrogens with one attached hydrogen (secondary N) is 1. The molecule has 0 spiro atoms. The van der Waals surface area contributed by atoms with Gasteiger partial charge in [-0.05, 0) is 68.4 Å². The first-order valence-electron chi connectivity index (χ1n) is 7.24. The predicted molar refractivity (Wildman–Crippen MR) is 84.8 cm³/mol. The molecule has 0 radical (unpaired) electrons. The molecule has 0 aliphatic carbocycles. The molecule has 0 bridgehead atoms. The lowest BCUT2D eigenvalue weighted by Crippen LogP contribution is -2.08. The third-order valence-corrected chi connectivity index (χ3v) is 4.78. The van der Waals surface area contributed by atoms with Crippen LogP contribution >= 0.6 is 0 Å². The summed E-state index contributed by atoms with van der Waals surface area (Å²) < 4.78 is 50.2. The van der Waals surface area contributed by atoms with Crippen LogP contribution in [0.3, 0.4) is 0 Å². The second-order valence-electron chi connectivity index (χ2n) is 5.15. The predicted octanol–water partition coefficient (Wildman–Crippen LogP) is 4.02. The topological polar surface area (TPSA) is 29.1 Å². The minimum atomic E-state index is -4.38. The van der Waals surface area contributed by atoms with Gasteiger partial charge in [0.1, 0.15) is 0 Å². The van der Waals surface area contributed by atoms with E-state index in [-0.39, 0.29) is 0 Å². The average Bonchev–Trinajstić information content (AvgIpc) is 2.54. The molecule has 0 aliphatic rings. The molecule has 0 aromatic heterocycles. The summed E-state index contributed by atoms with van der Waals surface area (Å²) in [6.45, 7) is 0.895. The number of alkyl halides is 3. The standard InChI is InChI=1S/C17H18F3NOS/c1-21-11-3-5-13-4-2-6-16(12-13)23(22)15-9-7-14(8-10-15)17(18,19)20/h2,4,6-10,12,21H,3,5,11H2,1H3. The zero-order chi connectivity index (χ0) is 16.9. The summed E-state index contributed by atoms with van der Waals surface area (Å²) in [6, 6.07) is 11.8. The van der Waals surface area contributed by atoms with Crippen molar-refractivity contribution >= 4 is 10.8 Å². The van der Waals surface area contributed by atoms with Gasteiger partial charge in [0.25, 0.3) is 0 Å². The molecule has 2 aromatic rings. The largest absolute Gasteiger partial charge is 0.416 e. The van der Waals surface area contributed by atoms with Gasteiger partial charge >= 0.3 is 6.18 Å². The molecule has 0 saturated heterocycles. The zero-order valence-electron chi connectivity index (χ0n) is 12.7. The Balaban J connectivity index is 2.15. The summed E-state index contributed by atoms with van der Waals surface area (Å²) in [7, 11) is 0.403. The van der Waals surface area contributed by atoms with Crippen LogP contribution in [0.2, 0.25) is 0 Å². The Bertz CT molecular complexity index is 668. The van der Waals surface area contributed by atoms with E-state index >= 15 is 0 Å². The van der Waals surface area contributed by atoms with Gasteiger partial charge in [-0.3, -0.25) is 0 Å². The van der Waals surface area contributed by atoms with E-state index in [0.29, 0.717) is 9.79 Å². The van der Waals surface area contributed by atoms with E-state index in [9.17, 15) is 17.4 Å². The van der Waals surface area contributed by atoms with Crippen LogP contribution < -0.4 is 5.32 Å². The number of aryl methyl sites for hydroxylation is 1. The lowest BCUT2D eigenvalue weighted by Gasteiger charge is -2.08. The summed E-state index contributed by atoms with van der Waals surface area (Å²) in [6.07, 6.45) is -2.56. The van der Waals surface area contributed by atoms with Gasteiger partial charge in [0.05, 0.1) is 16.4 Å². The molecule has 1 N–H and O–H groups in total. The van der Waals surface area contributed by atoms with E-state index < -0.39 is 22.5 Å². The van der Waals surface area contributed by atoms with Crippen LogP contribution in [0, 0.1) is 0 Å². The highest BCUT2D eigenvalue weighted by Crippen LogP contribution is 2.30. The monoisotopic (exact) mass is 341 g/mol. The van der Waals surface area contributed by atoms with Gasteiger partial charge in [-0.25, -0.2) is 4.21 Å². The van der Waals surface area contributed by atoms with E-state index in [4.69, 9.17) is 0 Å². The van der Waals surface area contributed by atoms with Crippen LogP contribution in [0.25, 0.3) is 0 Å². The van der Waals surface area contributed by atoms with Crippen LogP contribution in [-0.2, 0) is 23.4 Å². The lowest BCUT2D eigenvalue weighted by molar-refractivity contribution is -0.137. The Kier molecular flexibility index (Phi) is 5.96. The molecule has 1 unspecified atom stereocenters. The SMILES string of the molecule is CNCCCc1cccc(S(=O)c2ccc(C(F)(F)F)cc2)c1. The zero-order valence-corrected chi connectivity index (χ0v) is 13.5. The summed E-state index contributed by atoms with van der Waals surface area (Å²) >= 11 is 0. The van der Waals surface area contributed by atoms with Crippen LogP contribution in [0.4, 0.5) is 13.2 Å². The van der Waals surface area contributed by atoms with E-state index in [1.807, 2.05) is 25.2 Å². The number of hydrogen-bond donors (Lipinski definition) is 1. The number of rotatable bonds is 6. The van der Waals surface area contributed by atoms with Crippen molar-refractivity contribution in [3.63, 3.8) is 0 Å². The molecule has 0 heterocycles. The van der Waals surface area contributed by atoms with Crippen LogP contribution in [0.5, 0.6) is 0 Å². The fourth-order valence-electron chi connectivity index (χ4n) is 2.19. The highest BCUT2D eigenvalue weighted by Gasteiger charge is 2.30.